The number of likely N-dealkylation sites (tertiary alicyclic amines) is 2. The van der Waals surface area contributed by atoms with E-state index >= 15 is 0 Å². The summed E-state index contributed by atoms with van der Waals surface area (Å²) in [5, 5.41) is 6.50. The van der Waals surface area contributed by atoms with Gasteiger partial charge in [-0.1, -0.05) is 92.7 Å². The molecular formula is C48H54N8O4S. The lowest BCUT2D eigenvalue weighted by atomic mass is 10.0. The number of benzene rings is 3. The van der Waals surface area contributed by atoms with E-state index in [2.05, 4.69) is 94.7 Å². The average molecular weight is 839 g/mol. The molecule has 0 bridgehead atoms. The van der Waals surface area contributed by atoms with Crippen LogP contribution in [0.4, 0.5) is 4.79 Å². The Labute approximate surface area is 361 Å². The minimum atomic E-state index is -0.563. The van der Waals surface area contributed by atoms with Gasteiger partial charge in [0.2, 0.25) is 11.8 Å². The number of nitrogens with one attached hydrogen (secondary N) is 3. The first-order valence-corrected chi connectivity index (χ1v) is 22.4. The smallest absolute Gasteiger partial charge is 0.407 e. The van der Waals surface area contributed by atoms with Crippen LogP contribution in [0.25, 0.3) is 33.6 Å². The number of carbonyl (C=O) groups excluding carboxylic acids is 3. The molecule has 5 heterocycles. The van der Waals surface area contributed by atoms with Crippen molar-refractivity contribution < 1.29 is 19.1 Å². The van der Waals surface area contributed by atoms with Gasteiger partial charge < -0.3 is 29.8 Å². The normalized spacial score (nSPS) is 17.4. The summed E-state index contributed by atoms with van der Waals surface area (Å²) in [6, 6.07) is 28.4. The number of ether oxygens (including phenoxy) is 1. The minimum absolute atomic E-state index is 0.0523. The lowest BCUT2D eigenvalue weighted by Crippen LogP contribution is -2.43. The van der Waals surface area contributed by atoms with Crippen LogP contribution < -0.4 is 5.32 Å². The lowest BCUT2D eigenvalue weighted by Gasteiger charge is -2.34. The summed E-state index contributed by atoms with van der Waals surface area (Å²) in [7, 11) is 1.52. The van der Waals surface area contributed by atoms with Gasteiger partial charge in [-0.3, -0.25) is 14.5 Å². The molecule has 3 aromatic heterocycles. The monoisotopic (exact) mass is 838 g/mol. The second kappa shape index (κ2) is 19.1. The zero-order valence-electron chi connectivity index (χ0n) is 35.1. The van der Waals surface area contributed by atoms with Gasteiger partial charge in [-0.2, -0.15) is 11.3 Å². The molecule has 13 heteroatoms. The molecule has 3 N–H and O–H groups in total. The Morgan fingerprint density at radius 2 is 1.34 bits per heavy atom. The van der Waals surface area contributed by atoms with Crippen molar-refractivity contribution in [1.29, 1.82) is 0 Å². The van der Waals surface area contributed by atoms with E-state index in [1.54, 1.807) is 11.3 Å². The highest BCUT2D eigenvalue weighted by atomic mass is 32.1. The maximum Gasteiger partial charge on any atom is 0.407 e. The molecule has 6 aromatic rings. The molecule has 2 fully saturated rings. The average Bonchev–Trinajstić information content (AvgIpc) is 4.16. The fraction of sp³-hybridized carbons (Fsp3) is 0.354. The number of H-pyrrole nitrogens is 2. The zero-order valence-corrected chi connectivity index (χ0v) is 35.9. The number of aromatic nitrogens is 4. The van der Waals surface area contributed by atoms with E-state index in [4.69, 9.17) is 14.7 Å². The Hall–Kier alpha value is -6.05. The third kappa shape index (κ3) is 9.33. The van der Waals surface area contributed by atoms with Crippen LogP contribution in [0.3, 0.4) is 0 Å². The number of alkyl carbamates (subject to hydrolysis) is 1. The third-order valence-corrected chi connectivity index (χ3v) is 12.8. The highest BCUT2D eigenvalue weighted by Gasteiger charge is 2.38. The quantitative estimate of drug-likeness (QED) is 0.0939. The summed E-state index contributed by atoms with van der Waals surface area (Å²) >= 11 is 1.58. The predicted octanol–water partition coefficient (Wildman–Crippen LogP) is 8.96. The number of rotatable bonds is 15. The Bertz CT molecular complexity index is 2370. The number of hydrogen-bond donors (Lipinski definition) is 3. The number of amides is 3. The Morgan fingerprint density at radius 1 is 0.787 bits per heavy atom. The van der Waals surface area contributed by atoms with Crippen molar-refractivity contribution in [3.8, 4) is 33.6 Å². The zero-order chi connectivity index (χ0) is 42.3. The molecule has 0 spiro atoms. The Balaban J connectivity index is 0.907. The molecule has 12 nitrogen and oxygen atoms in total. The number of nitrogens with zero attached hydrogens (tertiary/aromatic N) is 5. The van der Waals surface area contributed by atoms with Gasteiger partial charge in [0.25, 0.3) is 0 Å². The van der Waals surface area contributed by atoms with Crippen molar-refractivity contribution in [1.82, 2.24) is 40.0 Å². The molecule has 0 unspecified atom stereocenters. The molecule has 0 aliphatic carbocycles. The number of hydrogen-bond acceptors (Lipinski definition) is 8. The van der Waals surface area contributed by atoms with Crippen molar-refractivity contribution in [3.63, 3.8) is 0 Å². The summed E-state index contributed by atoms with van der Waals surface area (Å²) in [6.45, 7) is 7.15. The van der Waals surface area contributed by atoms with Gasteiger partial charge in [0.05, 0.1) is 42.3 Å². The maximum atomic E-state index is 14.2. The molecule has 316 valence electrons. The van der Waals surface area contributed by atoms with Crippen molar-refractivity contribution in [2.24, 2.45) is 0 Å². The number of imidazole rings is 2. The summed E-state index contributed by atoms with van der Waals surface area (Å²) in [4.78, 5) is 62.7. The van der Waals surface area contributed by atoms with Gasteiger partial charge in [-0.25, -0.2) is 14.8 Å². The molecular weight excluding hydrogens is 785 g/mol. The van der Waals surface area contributed by atoms with Gasteiger partial charge in [-0.15, -0.1) is 0 Å². The van der Waals surface area contributed by atoms with Gasteiger partial charge in [0.1, 0.15) is 23.8 Å². The first-order valence-electron chi connectivity index (χ1n) is 21.4. The Morgan fingerprint density at radius 3 is 1.89 bits per heavy atom. The highest BCUT2D eigenvalue weighted by Crippen LogP contribution is 2.37. The maximum absolute atomic E-state index is 14.2. The molecule has 2 aliphatic rings. The van der Waals surface area contributed by atoms with E-state index in [1.807, 2.05) is 57.2 Å². The largest absolute Gasteiger partial charge is 0.445 e. The predicted molar refractivity (Wildman–Crippen MR) is 238 cm³/mol. The lowest BCUT2D eigenvalue weighted by molar-refractivity contribution is -0.138. The van der Waals surface area contributed by atoms with Crippen molar-refractivity contribution >= 4 is 29.2 Å². The van der Waals surface area contributed by atoms with E-state index in [0.29, 0.717) is 13.0 Å². The van der Waals surface area contributed by atoms with E-state index in [1.165, 1.54) is 7.05 Å². The van der Waals surface area contributed by atoms with Crippen LogP contribution in [-0.2, 0) is 20.7 Å². The summed E-state index contributed by atoms with van der Waals surface area (Å²) in [5.41, 5.74) is 8.08. The molecule has 3 amide bonds. The summed E-state index contributed by atoms with van der Waals surface area (Å²) in [5.74, 6) is 1.66. The Kier molecular flexibility index (Phi) is 13.1. The SMILES string of the molecule is CCN(CC)[C@@H](C(=O)N1CCC[C@H]1c1ncc(-c2ccc(-c3ccc(-c4cnc([C@@H]5CCCN5C(=O)C[C@@H](Cc5ccsc5)OC(=O)NC)[nH]4)cc3)cc2)[nH]1)c1ccccc1. The van der Waals surface area contributed by atoms with E-state index in [0.717, 1.165) is 102 Å². The summed E-state index contributed by atoms with van der Waals surface area (Å²) in [6.07, 6.45) is 6.69. The van der Waals surface area contributed by atoms with E-state index < -0.39 is 12.2 Å². The first kappa shape index (κ1) is 41.7. The molecule has 3 aromatic carbocycles. The second-order valence-corrected chi connectivity index (χ2v) is 16.6. The molecule has 2 aliphatic heterocycles. The topological polar surface area (TPSA) is 140 Å². The fourth-order valence-electron chi connectivity index (χ4n) is 8.89. The number of thiophene rings is 1. The van der Waals surface area contributed by atoms with Crippen molar-refractivity contribution in [3.05, 3.63) is 131 Å². The molecule has 0 saturated carbocycles. The van der Waals surface area contributed by atoms with E-state index in [9.17, 15) is 14.4 Å². The summed E-state index contributed by atoms with van der Waals surface area (Å²) < 4.78 is 5.60. The fourth-order valence-corrected chi connectivity index (χ4v) is 9.58. The highest BCUT2D eigenvalue weighted by molar-refractivity contribution is 7.07. The minimum Gasteiger partial charge on any atom is -0.445 e. The molecule has 2 saturated heterocycles. The standard InChI is InChI=1S/C48H54N8O4S/c1-4-54(5-2)44(37-11-7-6-8-12-37)47(58)56-25-10-14-42(56)46-51-30-40(53-46)36-21-17-34(18-22-36)33-15-19-35(20-16-33)39-29-50-45(52-39)41-13-9-24-55(41)43(57)28-38(60-48(59)49-3)27-32-23-26-61-31-32/h6-8,11-12,15-23,26,29-31,38,41-42,44H,4-5,9-10,13-14,24-25,27-28H2,1-3H3,(H,49,59)(H,50,52)(H,51,53)/t38-,41+,42+,44-/m1/s1. The number of carbonyl (C=O) groups is 3. The van der Waals surface area contributed by atoms with Gasteiger partial charge in [0.15, 0.2) is 0 Å². The van der Waals surface area contributed by atoms with Crippen molar-refractivity contribution in [2.45, 2.75) is 76.6 Å². The second-order valence-electron chi connectivity index (χ2n) is 15.8. The van der Waals surface area contributed by atoms with Crippen LogP contribution in [0.5, 0.6) is 0 Å². The van der Waals surface area contributed by atoms with Gasteiger partial charge in [-0.05, 0) is 89.0 Å². The third-order valence-electron chi connectivity index (χ3n) is 12.1. The molecule has 4 atom stereocenters. The van der Waals surface area contributed by atoms with Crippen LogP contribution in [0.2, 0.25) is 0 Å². The van der Waals surface area contributed by atoms with Crippen LogP contribution in [-0.4, -0.2) is 91.9 Å². The number of aromatic amines is 2. The van der Waals surface area contributed by atoms with E-state index in [-0.39, 0.29) is 36.4 Å². The molecule has 0 radical (unpaired) electrons. The van der Waals surface area contributed by atoms with Crippen LogP contribution in [0.15, 0.2) is 108 Å². The van der Waals surface area contributed by atoms with Crippen LogP contribution in [0, 0.1) is 0 Å². The van der Waals surface area contributed by atoms with Gasteiger partial charge in [0, 0.05) is 26.6 Å². The number of likely N-dealkylation sites (N-methyl/N-ethyl adjacent to an activating group) is 1. The molecule has 61 heavy (non-hydrogen) atoms. The first-order chi connectivity index (χ1) is 29.8. The van der Waals surface area contributed by atoms with Gasteiger partial charge >= 0.3 is 6.09 Å². The van der Waals surface area contributed by atoms with Crippen LogP contribution >= 0.6 is 11.3 Å². The van der Waals surface area contributed by atoms with Crippen LogP contribution in [0.1, 0.15) is 86.9 Å². The molecule has 8 rings (SSSR count). The van der Waals surface area contributed by atoms with Crippen molar-refractivity contribution in [2.75, 3.05) is 33.2 Å².